The van der Waals surface area contributed by atoms with E-state index in [1.807, 2.05) is 13.8 Å². The molecule has 2 unspecified atom stereocenters. The Hall–Kier alpha value is -0.410. The van der Waals surface area contributed by atoms with Gasteiger partial charge in [-0.1, -0.05) is 0 Å². The second-order valence-corrected chi connectivity index (χ2v) is 4.38. The molecule has 2 atom stereocenters. The summed E-state index contributed by atoms with van der Waals surface area (Å²) < 4.78 is 11.1. The number of ketones is 1. The van der Waals surface area contributed by atoms with Crippen molar-refractivity contribution in [2.24, 2.45) is 0 Å². The van der Waals surface area contributed by atoms with Crippen LogP contribution in [-0.2, 0) is 14.3 Å². The highest BCUT2D eigenvalue weighted by Crippen LogP contribution is 2.41. The van der Waals surface area contributed by atoms with Crippen molar-refractivity contribution in [3.63, 3.8) is 0 Å². The first kappa shape index (κ1) is 8.20. The predicted octanol–water partition coefficient (Wildman–Crippen LogP) is 1.26. The Morgan fingerprint density at radius 2 is 2.08 bits per heavy atom. The van der Waals surface area contributed by atoms with Crippen molar-refractivity contribution < 1.29 is 14.3 Å². The highest BCUT2D eigenvalue weighted by Gasteiger charge is 2.53. The number of fused-ring (bicyclic) bond motifs is 2. The fourth-order valence-electron chi connectivity index (χ4n) is 2.13. The van der Waals surface area contributed by atoms with E-state index in [-0.39, 0.29) is 17.5 Å². The van der Waals surface area contributed by atoms with Gasteiger partial charge in [-0.2, -0.15) is 0 Å². The zero-order chi connectivity index (χ0) is 8.98. The van der Waals surface area contributed by atoms with E-state index in [0.717, 1.165) is 6.42 Å². The maximum Gasteiger partial charge on any atom is 0.226 e. The molecule has 2 heterocycles. The Morgan fingerprint density at radius 1 is 1.42 bits per heavy atom. The summed E-state index contributed by atoms with van der Waals surface area (Å²) in [7, 11) is 0. The molecule has 2 fully saturated rings. The van der Waals surface area contributed by atoms with Gasteiger partial charge in [-0.3, -0.25) is 4.79 Å². The molecule has 2 rings (SSSR count). The largest absolute Gasteiger partial charge is 0.340 e. The average molecular weight is 170 g/mol. The fraction of sp³-hybridized carbons (Fsp3) is 0.889. The summed E-state index contributed by atoms with van der Waals surface area (Å²) in [5.41, 5.74) is -0.218. The number of ether oxygens (including phenoxy) is 2. The molecule has 0 aromatic carbocycles. The van der Waals surface area contributed by atoms with Gasteiger partial charge in [0.25, 0.3) is 0 Å². The summed E-state index contributed by atoms with van der Waals surface area (Å²) in [6, 6.07) is 0. The van der Waals surface area contributed by atoms with Crippen LogP contribution in [0.1, 0.15) is 33.6 Å². The van der Waals surface area contributed by atoms with Crippen LogP contribution in [0.5, 0.6) is 0 Å². The van der Waals surface area contributed by atoms with E-state index in [4.69, 9.17) is 9.47 Å². The first-order valence-electron chi connectivity index (χ1n) is 4.33. The lowest BCUT2D eigenvalue weighted by Gasteiger charge is -2.39. The smallest absolute Gasteiger partial charge is 0.226 e. The highest BCUT2D eigenvalue weighted by atomic mass is 16.7. The maximum atomic E-state index is 11.4. The van der Waals surface area contributed by atoms with Gasteiger partial charge in [0.05, 0.1) is 11.7 Å². The van der Waals surface area contributed by atoms with Crippen molar-refractivity contribution in [1.82, 2.24) is 0 Å². The summed E-state index contributed by atoms with van der Waals surface area (Å²) in [5.74, 6) is -0.870. The van der Waals surface area contributed by atoms with Gasteiger partial charge in [0.15, 0.2) is 5.78 Å². The first-order chi connectivity index (χ1) is 5.41. The Balaban J connectivity index is 2.29. The lowest BCUT2D eigenvalue weighted by molar-refractivity contribution is -0.292. The molecule has 0 N–H and O–H groups in total. The van der Waals surface area contributed by atoms with Crippen LogP contribution in [0.2, 0.25) is 0 Å². The molecule has 2 bridgehead atoms. The van der Waals surface area contributed by atoms with Crippen LogP contribution in [0.4, 0.5) is 0 Å². The van der Waals surface area contributed by atoms with Crippen LogP contribution in [0.15, 0.2) is 0 Å². The van der Waals surface area contributed by atoms with E-state index < -0.39 is 5.79 Å². The number of Topliss-reactive ketones (excluding diaryl/α,β-unsaturated/α-hetero) is 1. The van der Waals surface area contributed by atoms with E-state index >= 15 is 0 Å². The molecule has 2 aliphatic heterocycles. The lowest BCUT2D eigenvalue weighted by Crippen LogP contribution is -2.48. The van der Waals surface area contributed by atoms with Crippen LogP contribution in [0.3, 0.4) is 0 Å². The average Bonchev–Trinajstić information content (AvgIpc) is 1.99. The highest BCUT2D eigenvalue weighted by molar-refractivity contribution is 5.88. The topological polar surface area (TPSA) is 35.5 Å². The molecule has 12 heavy (non-hydrogen) atoms. The Labute approximate surface area is 72.0 Å². The zero-order valence-corrected chi connectivity index (χ0v) is 7.72. The van der Waals surface area contributed by atoms with Crippen LogP contribution in [-0.4, -0.2) is 23.3 Å². The quantitative estimate of drug-likeness (QED) is 0.549. The summed E-state index contributed by atoms with van der Waals surface area (Å²) in [6.45, 7) is 5.72. The molecular formula is C9H14O3. The molecular weight excluding hydrogens is 156 g/mol. The van der Waals surface area contributed by atoms with Crippen molar-refractivity contribution in [1.29, 1.82) is 0 Å². The third kappa shape index (κ3) is 1.08. The molecule has 0 saturated carbocycles. The molecule has 0 amide bonds. The standard InChI is InChI=1S/C9H14O3/c1-8(2)5-6-4-7(10)9(3,11-6)12-8/h6H,4-5H2,1-3H3. The van der Waals surface area contributed by atoms with Gasteiger partial charge in [-0.15, -0.1) is 0 Å². The molecule has 0 spiro atoms. The minimum Gasteiger partial charge on any atom is -0.340 e. The Bertz CT molecular complexity index is 234. The molecule has 3 heteroatoms. The van der Waals surface area contributed by atoms with E-state index in [0.29, 0.717) is 6.42 Å². The Morgan fingerprint density at radius 3 is 2.67 bits per heavy atom. The van der Waals surface area contributed by atoms with Gasteiger partial charge in [-0.25, -0.2) is 0 Å². The summed E-state index contributed by atoms with van der Waals surface area (Å²) in [4.78, 5) is 11.4. The number of rotatable bonds is 0. The summed E-state index contributed by atoms with van der Waals surface area (Å²) in [5, 5.41) is 0. The molecule has 2 aliphatic rings. The number of carbonyl (C=O) groups excluding carboxylic acids is 1. The number of hydrogen-bond donors (Lipinski definition) is 0. The molecule has 2 saturated heterocycles. The van der Waals surface area contributed by atoms with Gasteiger partial charge in [0.2, 0.25) is 5.79 Å². The second-order valence-electron chi connectivity index (χ2n) is 4.38. The summed E-state index contributed by atoms with van der Waals surface area (Å²) >= 11 is 0. The molecule has 0 radical (unpaired) electrons. The van der Waals surface area contributed by atoms with Crippen LogP contribution in [0.25, 0.3) is 0 Å². The Kier molecular flexibility index (Phi) is 1.43. The minimum absolute atomic E-state index is 0.0752. The number of carbonyl (C=O) groups is 1. The maximum absolute atomic E-state index is 11.4. The third-order valence-electron chi connectivity index (χ3n) is 2.50. The molecule has 68 valence electrons. The molecule has 0 aliphatic carbocycles. The minimum atomic E-state index is -0.952. The predicted molar refractivity (Wildman–Crippen MR) is 42.7 cm³/mol. The third-order valence-corrected chi connectivity index (χ3v) is 2.50. The van der Waals surface area contributed by atoms with E-state index in [1.54, 1.807) is 6.92 Å². The van der Waals surface area contributed by atoms with E-state index in [9.17, 15) is 4.79 Å². The fourth-order valence-corrected chi connectivity index (χ4v) is 2.13. The van der Waals surface area contributed by atoms with Gasteiger partial charge in [0, 0.05) is 12.8 Å². The van der Waals surface area contributed by atoms with Gasteiger partial charge < -0.3 is 9.47 Å². The normalized spacial score (nSPS) is 44.9. The van der Waals surface area contributed by atoms with Gasteiger partial charge in [0.1, 0.15) is 0 Å². The monoisotopic (exact) mass is 170 g/mol. The lowest BCUT2D eigenvalue weighted by atomic mass is 10.00. The zero-order valence-electron chi connectivity index (χ0n) is 7.72. The van der Waals surface area contributed by atoms with Crippen LogP contribution in [0, 0.1) is 0 Å². The first-order valence-corrected chi connectivity index (χ1v) is 4.33. The van der Waals surface area contributed by atoms with Crippen molar-refractivity contribution >= 4 is 5.78 Å². The SMILES string of the molecule is CC1(C)CC2CC(=O)C(C)(O2)O1. The van der Waals surface area contributed by atoms with Crippen LogP contribution >= 0.6 is 0 Å². The number of hydrogen-bond acceptors (Lipinski definition) is 3. The molecule has 0 aromatic rings. The van der Waals surface area contributed by atoms with Crippen molar-refractivity contribution in [2.75, 3.05) is 0 Å². The van der Waals surface area contributed by atoms with Gasteiger partial charge >= 0.3 is 0 Å². The van der Waals surface area contributed by atoms with Crippen LogP contribution < -0.4 is 0 Å². The second kappa shape index (κ2) is 2.09. The summed E-state index contributed by atoms with van der Waals surface area (Å²) in [6.07, 6.45) is 1.40. The molecule has 0 aromatic heterocycles. The van der Waals surface area contributed by atoms with E-state index in [1.165, 1.54) is 0 Å². The van der Waals surface area contributed by atoms with Gasteiger partial charge in [-0.05, 0) is 20.8 Å². The van der Waals surface area contributed by atoms with Crippen molar-refractivity contribution in [3.8, 4) is 0 Å². The molecule has 3 nitrogen and oxygen atoms in total. The van der Waals surface area contributed by atoms with E-state index in [2.05, 4.69) is 0 Å². The van der Waals surface area contributed by atoms with Crippen molar-refractivity contribution in [2.45, 2.75) is 51.1 Å². The van der Waals surface area contributed by atoms with Crippen molar-refractivity contribution in [3.05, 3.63) is 0 Å².